The Morgan fingerprint density at radius 2 is 1.58 bits per heavy atom. The first-order valence-electron chi connectivity index (χ1n) is 13.0. The van der Waals surface area contributed by atoms with Gasteiger partial charge in [-0.05, 0) is 95.2 Å². The van der Waals surface area contributed by atoms with Crippen molar-refractivity contribution in [2.24, 2.45) is 0 Å². The van der Waals surface area contributed by atoms with E-state index in [0.29, 0.717) is 5.56 Å². The van der Waals surface area contributed by atoms with Crippen molar-refractivity contribution in [2.75, 3.05) is 55.5 Å². The fraction of sp³-hybridized carbons (Fsp3) is 0.500. The van der Waals surface area contributed by atoms with E-state index >= 15 is 0 Å². The quantitative estimate of drug-likeness (QED) is 0.666. The van der Waals surface area contributed by atoms with Crippen molar-refractivity contribution in [3.63, 3.8) is 0 Å². The summed E-state index contributed by atoms with van der Waals surface area (Å²) in [6.07, 6.45) is 3.81. The first-order chi connectivity index (χ1) is 17.4. The van der Waals surface area contributed by atoms with Gasteiger partial charge in [0, 0.05) is 49.3 Å². The van der Waals surface area contributed by atoms with Gasteiger partial charge in [-0.15, -0.1) is 0 Å². The van der Waals surface area contributed by atoms with E-state index in [9.17, 15) is 9.59 Å². The number of likely N-dealkylation sites (tertiary alicyclic amines) is 1. The van der Waals surface area contributed by atoms with Gasteiger partial charge >= 0.3 is 0 Å². The average molecular weight is 492 g/mol. The highest BCUT2D eigenvalue weighted by Crippen LogP contribution is 2.40. The zero-order valence-electron chi connectivity index (χ0n) is 21.5. The number of rotatable bonds is 5. The van der Waals surface area contributed by atoms with Crippen molar-refractivity contribution in [1.82, 2.24) is 10.2 Å². The second-order valence-corrected chi connectivity index (χ2v) is 10.3. The zero-order valence-corrected chi connectivity index (χ0v) is 21.5. The van der Waals surface area contributed by atoms with Gasteiger partial charge in [0.05, 0.1) is 11.4 Å². The van der Waals surface area contributed by atoms with Crippen LogP contribution in [0.3, 0.4) is 0 Å². The number of hydrogen-bond donors (Lipinski definition) is 2. The maximum absolute atomic E-state index is 12.9. The first-order valence-corrected chi connectivity index (χ1v) is 13.0. The molecule has 192 valence electrons. The predicted molar refractivity (Wildman–Crippen MR) is 143 cm³/mol. The molecule has 2 aromatic carbocycles. The van der Waals surface area contributed by atoms with E-state index in [2.05, 4.69) is 33.5 Å². The molecule has 3 heterocycles. The van der Waals surface area contributed by atoms with Crippen LogP contribution in [-0.2, 0) is 9.53 Å². The number of likely N-dealkylation sites (N-methyl/N-ethyl adjacent to an activating group) is 1. The second-order valence-electron chi connectivity index (χ2n) is 10.3. The Balaban J connectivity index is 1.30. The molecule has 0 aromatic heterocycles. The molecule has 8 nitrogen and oxygen atoms in total. The summed E-state index contributed by atoms with van der Waals surface area (Å²) in [5, 5.41) is 6.65. The van der Waals surface area contributed by atoms with Crippen LogP contribution in [0.2, 0.25) is 0 Å². The summed E-state index contributed by atoms with van der Waals surface area (Å²) in [6.45, 7) is 5.48. The highest BCUT2D eigenvalue weighted by atomic mass is 16.5. The number of nitrogens with one attached hydrogen (secondary N) is 2. The number of anilines is 4. The molecular formula is C28H37N5O3. The van der Waals surface area contributed by atoms with E-state index in [4.69, 9.17) is 4.74 Å². The van der Waals surface area contributed by atoms with Gasteiger partial charge in [-0.1, -0.05) is 0 Å². The summed E-state index contributed by atoms with van der Waals surface area (Å²) in [4.78, 5) is 32.0. The molecule has 2 amide bonds. The van der Waals surface area contributed by atoms with E-state index in [0.717, 1.165) is 74.7 Å². The third kappa shape index (κ3) is 5.06. The first kappa shape index (κ1) is 24.6. The number of hydrogen-bond acceptors (Lipinski definition) is 6. The lowest BCUT2D eigenvalue weighted by atomic mass is 9.99. The second kappa shape index (κ2) is 10.5. The SMILES string of the molecule is CC1C(=O)N(C)c2ccc(Nc3ccc(C(=O)NC4CCN(C)CC4)cc3)cc2N1C1CCOCC1. The number of fused-ring (bicyclic) bond motifs is 1. The molecule has 5 rings (SSSR count). The lowest BCUT2D eigenvalue weighted by molar-refractivity contribution is -0.119. The lowest BCUT2D eigenvalue weighted by Crippen LogP contribution is -2.55. The smallest absolute Gasteiger partial charge is 0.251 e. The summed E-state index contributed by atoms with van der Waals surface area (Å²) in [7, 11) is 3.97. The molecule has 0 saturated carbocycles. The monoisotopic (exact) mass is 491 g/mol. The van der Waals surface area contributed by atoms with Crippen molar-refractivity contribution in [3.05, 3.63) is 48.0 Å². The van der Waals surface area contributed by atoms with Crippen LogP contribution >= 0.6 is 0 Å². The van der Waals surface area contributed by atoms with Gasteiger partial charge in [-0.3, -0.25) is 9.59 Å². The third-order valence-corrected chi connectivity index (χ3v) is 7.79. The predicted octanol–water partition coefficient (Wildman–Crippen LogP) is 3.60. The molecule has 0 aliphatic carbocycles. The van der Waals surface area contributed by atoms with Crippen molar-refractivity contribution >= 4 is 34.6 Å². The summed E-state index contributed by atoms with van der Waals surface area (Å²) in [6, 6.07) is 14.1. The molecule has 36 heavy (non-hydrogen) atoms. The van der Waals surface area contributed by atoms with Crippen LogP contribution in [0.25, 0.3) is 0 Å². The van der Waals surface area contributed by atoms with Crippen molar-refractivity contribution < 1.29 is 14.3 Å². The molecule has 1 unspecified atom stereocenters. The molecular weight excluding hydrogens is 454 g/mol. The van der Waals surface area contributed by atoms with Crippen molar-refractivity contribution in [3.8, 4) is 0 Å². The largest absolute Gasteiger partial charge is 0.381 e. The Bertz CT molecular complexity index is 1090. The van der Waals surface area contributed by atoms with Crippen molar-refractivity contribution in [1.29, 1.82) is 0 Å². The van der Waals surface area contributed by atoms with Crippen LogP contribution in [0.5, 0.6) is 0 Å². The Morgan fingerprint density at radius 3 is 2.28 bits per heavy atom. The maximum atomic E-state index is 12.9. The highest BCUT2D eigenvalue weighted by Gasteiger charge is 2.38. The molecule has 0 spiro atoms. The van der Waals surface area contributed by atoms with Crippen LogP contribution in [0.1, 0.15) is 43.0 Å². The molecule has 2 saturated heterocycles. The fourth-order valence-corrected chi connectivity index (χ4v) is 5.59. The molecule has 3 aliphatic heterocycles. The van der Waals surface area contributed by atoms with Crippen molar-refractivity contribution in [2.45, 2.75) is 50.7 Å². The van der Waals surface area contributed by atoms with Gasteiger partial charge in [0.25, 0.3) is 5.91 Å². The van der Waals surface area contributed by atoms with Gasteiger partial charge in [-0.2, -0.15) is 0 Å². The summed E-state index contributed by atoms with van der Waals surface area (Å²) >= 11 is 0. The number of amides is 2. The van der Waals surface area contributed by atoms with Gasteiger partial charge in [0.2, 0.25) is 5.91 Å². The van der Waals surface area contributed by atoms with Gasteiger partial charge in [0.15, 0.2) is 0 Å². The van der Waals surface area contributed by atoms with E-state index in [1.807, 2.05) is 50.4 Å². The number of benzene rings is 2. The van der Waals surface area contributed by atoms with Crippen LogP contribution < -0.4 is 20.4 Å². The lowest BCUT2D eigenvalue weighted by Gasteiger charge is -2.45. The molecule has 8 heteroatoms. The summed E-state index contributed by atoms with van der Waals surface area (Å²) < 4.78 is 5.57. The minimum atomic E-state index is -0.219. The number of nitrogens with zero attached hydrogens (tertiary/aromatic N) is 3. The number of ether oxygens (including phenoxy) is 1. The molecule has 3 aliphatic rings. The zero-order chi connectivity index (χ0) is 25.2. The normalized spacial score (nSPS) is 21.9. The topological polar surface area (TPSA) is 77.2 Å². The molecule has 2 fully saturated rings. The Labute approximate surface area is 213 Å². The Kier molecular flexibility index (Phi) is 7.16. The van der Waals surface area contributed by atoms with Crippen LogP contribution in [0.15, 0.2) is 42.5 Å². The minimum absolute atomic E-state index is 0.0151. The summed E-state index contributed by atoms with van der Waals surface area (Å²) in [5.74, 6) is 0.0995. The third-order valence-electron chi connectivity index (χ3n) is 7.79. The molecule has 0 radical (unpaired) electrons. The van der Waals surface area contributed by atoms with Crippen LogP contribution in [-0.4, -0.2) is 75.2 Å². The van der Waals surface area contributed by atoms with Gasteiger partial charge in [0.1, 0.15) is 6.04 Å². The summed E-state index contributed by atoms with van der Waals surface area (Å²) in [5.41, 5.74) is 4.53. The average Bonchev–Trinajstić information content (AvgIpc) is 2.90. The van der Waals surface area contributed by atoms with Crippen LogP contribution in [0.4, 0.5) is 22.7 Å². The fourth-order valence-electron chi connectivity index (χ4n) is 5.59. The van der Waals surface area contributed by atoms with Gasteiger partial charge in [-0.25, -0.2) is 0 Å². The Hall–Kier alpha value is -3.10. The maximum Gasteiger partial charge on any atom is 0.251 e. The minimum Gasteiger partial charge on any atom is -0.381 e. The van der Waals surface area contributed by atoms with E-state index in [-0.39, 0.29) is 29.9 Å². The molecule has 1 atom stereocenters. The molecule has 0 bridgehead atoms. The number of piperidine rings is 1. The standard InChI is InChI=1S/C28H37N5O3/c1-19-28(35)32(3)25-9-8-23(18-26(25)33(19)24-12-16-36-17-13-24)29-21-6-4-20(5-7-21)27(34)30-22-10-14-31(2)15-11-22/h4-9,18-19,22,24,29H,10-17H2,1-3H3,(H,30,34). The highest BCUT2D eigenvalue weighted by molar-refractivity contribution is 6.05. The van der Waals surface area contributed by atoms with Crippen LogP contribution in [0, 0.1) is 0 Å². The van der Waals surface area contributed by atoms with E-state index in [1.54, 1.807) is 4.90 Å². The van der Waals surface area contributed by atoms with E-state index in [1.165, 1.54) is 0 Å². The van der Waals surface area contributed by atoms with E-state index < -0.39 is 0 Å². The number of carbonyl (C=O) groups is 2. The molecule has 2 aromatic rings. The number of carbonyl (C=O) groups excluding carboxylic acids is 2. The Morgan fingerprint density at radius 1 is 0.917 bits per heavy atom. The van der Waals surface area contributed by atoms with Gasteiger partial charge < -0.3 is 30.1 Å². The molecule has 2 N–H and O–H groups in total.